The van der Waals surface area contributed by atoms with Crippen molar-refractivity contribution >= 4 is 60.5 Å². The van der Waals surface area contributed by atoms with Crippen molar-refractivity contribution in [3.05, 3.63) is 249 Å². The zero-order chi connectivity index (χ0) is 42.4. The van der Waals surface area contributed by atoms with Crippen molar-refractivity contribution in [1.29, 1.82) is 0 Å². The van der Waals surface area contributed by atoms with E-state index in [2.05, 4.69) is 254 Å². The van der Waals surface area contributed by atoms with E-state index >= 15 is 0 Å². The molecular weight excluding hydrogens is 775 g/mol. The monoisotopic (exact) mass is 815 g/mol. The zero-order valence-corrected chi connectivity index (χ0v) is 35.0. The van der Waals surface area contributed by atoms with Crippen molar-refractivity contribution in [1.82, 2.24) is 0 Å². The van der Waals surface area contributed by atoms with Gasteiger partial charge in [-0.2, -0.15) is 0 Å². The summed E-state index contributed by atoms with van der Waals surface area (Å²) in [5, 5.41) is 6.97. The van der Waals surface area contributed by atoms with E-state index in [0.29, 0.717) is 0 Å². The van der Waals surface area contributed by atoms with Gasteiger partial charge in [0.05, 0.1) is 5.69 Å². The number of nitrogens with zero attached hydrogens (tertiary/aromatic N) is 1. The summed E-state index contributed by atoms with van der Waals surface area (Å²) in [4.78, 5) is 2.41. The molecule has 11 aromatic carbocycles. The lowest BCUT2D eigenvalue weighted by Crippen LogP contribution is -2.11. The van der Waals surface area contributed by atoms with E-state index in [1.165, 1.54) is 49.5 Å². The van der Waals surface area contributed by atoms with Crippen LogP contribution in [0.3, 0.4) is 0 Å². The van der Waals surface area contributed by atoms with Gasteiger partial charge in [0.1, 0.15) is 11.2 Å². The maximum atomic E-state index is 6.71. The van der Waals surface area contributed by atoms with E-state index in [-0.39, 0.29) is 0 Å². The molecule has 0 aliphatic carbocycles. The summed E-state index contributed by atoms with van der Waals surface area (Å²) >= 11 is 0. The number of benzene rings is 11. The summed E-state index contributed by atoms with van der Waals surface area (Å²) in [5.41, 5.74) is 16.7. The van der Waals surface area contributed by atoms with Crippen molar-refractivity contribution in [2.24, 2.45) is 0 Å². The average Bonchev–Trinajstić information content (AvgIpc) is 3.77. The molecule has 0 aliphatic rings. The molecule has 0 radical (unpaired) electrons. The zero-order valence-electron chi connectivity index (χ0n) is 35.0. The van der Waals surface area contributed by atoms with Crippen molar-refractivity contribution in [2.45, 2.75) is 0 Å². The second kappa shape index (κ2) is 15.8. The molecule has 1 aromatic heterocycles. The van der Waals surface area contributed by atoms with Gasteiger partial charge in [-0.15, -0.1) is 0 Å². The molecule has 0 bridgehead atoms. The lowest BCUT2D eigenvalue weighted by molar-refractivity contribution is 0.673. The molecule has 0 atom stereocenters. The Labute approximate surface area is 372 Å². The van der Waals surface area contributed by atoms with Crippen molar-refractivity contribution in [3.63, 3.8) is 0 Å². The standard InChI is InChI=1S/C62H41NO/c1-3-15-42(16-4-1)50-38-51(43-17-5-2-6-18-43)40-52(39-50)45-31-34-53(35-32-45)63(54-23-13-22-48(41-54)49-30-29-44-19-7-8-21-47(44)37-49)59-27-12-11-25-56(59)57-26-14-28-60-61(57)58-36-33-46-20-9-10-24-55(46)62(58)64-60/h1-41H. The predicted octanol–water partition coefficient (Wildman–Crippen LogP) is 17.7. The van der Waals surface area contributed by atoms with E-state index < -0.39 is 0 Å². The Bertz CT molecular complexity index is 3600. The number of rotatable bonds is 8. The number of anilines is 3. The Hall–Kier alpha value is -8.46. The predicted molar refractivity (Wildman–Crippen MR) is 271 cm³/mol. The Morgan fingerprint density at radius 2 is 0.828 bits per heavy atom. The molecular formula is C62H41NO. The maximum Gasteiger partial charge on any atom is 0.143 e. The number of fused-ring (bicyclic) bond motifs is 6. The molecule has 12 rings (SSSR count). The Morgan fingerprint density at radius 1 is 0.281 bits per heavy atom. The maximum absolute atomic E-state index is 6.71. The van der Waals surface area contributed by atoms with E-state index in [1.807, 2.05) is 0 Å². The van der Waals surface area contributed by atoms with Gasteiger partial charge in [0.25, 0.3) is 0 Å². The fourth-order valence-corrected chi connectivity index (χ4v) is 9.49. The number of para-hydroxylation sites is 1. The highest BCUT2D eigenvalue weighted by atomic mass is 16.3. The first-order valence-electron chi connectivity index (χ1n) is 21.9. The van der Waals surface area contributed by atoms with Crippen LogP contribution in [0.1, 0.15) is 0 Å². The fourth-order valence-electron chi connectivity index (χ4n) is 9.49. The average molecular weight is 816 g/mol. The van der Waals surface area contributed by atoms with Gasteiger partial charge in [-0.1, -0.05) is 182 Å². The third-order valence-electron chi connectivity index (χ3n) is 12.6. The highest BCUT2D eigenvalue weighted by Crippen LogP contribution is 2.46. The van der Waals surface area contributed by atoms with Gasteiger partial charge < -0.3 is 9.32 Å². The highest BCUT2D eigenvalue weighted by Gasteiger charge is 2.22. The van der Waals surface area contributed by atoms with Crippen LogP contribution < -0.4 is 4.90 Å². The summed E-state index contributed by atoms with van der Waals surface area (Å²) in [7, 11) is 0. The molecule has 1 heterocycles. The van der Waals surface area contributed by atoms with Crippen LogP contribution in [0, 0.1) is 0 Å². The minimum absolute atomic E-state index is 0.875. The highest BCUT2D eigenvalue weighted by molar-refractivity contribution is 6.19. The van der Waals surface area contributed by atoms with Crippen molar-refractivity contribution < 1.29 is 4.42 Å². The van der Waals surface area contributed by atoms with E-state index in [0.717, 1.165) is 66.6 Å². The Kier molecular flexibility index (Phi) is 9.20. The molecule has 2 heteroatoms. The van der Waals surface area contributed by atoms with Crippen LogP contribution in [0.25, 0.3) is 99.1 Å². The van der Waals surface area contributed by atoms with Crippen molar-refractivity contribution in [3.8, 4) is 55.6 Å². The SMILES string of the molecule is c1ccc(-c2cc(-c3ccccc3)cc(-c3ccc(N(c4cccc(-c5ccc6ccccc6c5)c4)c4ccccc4-c4cccc5oc6c7ccccc7ccc6c45)cc3)c2)cc1. The molecule has 0 unspecified atom stereocenters. The first-order valence-corrected chi connectivity index (χ1v) is 21.9. The number of hydrogen-bond donors (Lipinski definition) is 0. The third-order valence-corrected chi connectivity index (χ3v) is 12.6. The molecule has 0 spiro atoms. The lowest BCUT2D eigenvalue weighted by Gasteiger charge is -2.28. The second-order valence-electron chi connectivity index (χ2n) is 16.5. The number of furan rings is 1. The molecule has 0 saturated heterocycles. The summed E-state index contributed by atoms with van der Waals surface area (Å²) < 4.78 is 6.71. The molecule has 0 amide bonds. The van der Waals surface area contributed by atoms with Crippen LogP contribution >= 0.6 is 0 Å². The van der Waals surface area contributed by atoms with Crippen molar-refractivity contribution in [2.75, 3.05) is 4.90 Å². The quantitative estimate of drug-likeness (QED) is 0.152. The van der Waals surface area contributed by atoms with Gasteiger partial charge in [0.2, 0.25) is 0 Å². The Balaban J connectivity index is 1.03. The lowest BCUT2D eigenvalue weighted by atomic mass is 9.93. The fraction of sp³-hybridized carbons (Fsp3) is 0. The minimum Gasteiger partial charge on any atom is -0.455 e. The minimum atomic E-state index is 0.875. The smallest absolute Gasteiger partial charge is 0.143 e. The molecule has 0 aliphatic heterocycles. The number of hydrogen-bond acceptors (Lipinski definition) is 2. The summed E-state index contributed by atoms with van der Waals surface area (Å²) in [5.74, 6) is 0. The summed E-state index contributed by atoms with van der Waals surface area (Å²) in [6.07, 6.45) is 0. The van der Waals surface area contributed by atoms with Gasteiger partial charge in [-0.05, 0) is 133 Å². The van der Waals surface area contributed by atoms with Crippen LogP contribution in [0.5, 0.6) is 0 Å². The largest absolute Gasteiger partial charge is 0.455 e. The molecule has 0 fully saturated rings. The van der Waals surface area contributed by atoms with Crippen LogP contribution in [-0.4, -0.2) is 0 Å². The summed E-state index contributed by atoms with van der Waals surface area (Å²) in [6.45, 7) is 0. The molecule has 12 aromatic rings. The van der Waals surface area contributed by atoms with Gasteiger partial charge in [0, 0.05) is 33.1 Å². The Morgan fingerprint density at radius 3 is 1.58 bits per heavy atom. The molecule has 300 valence electrons. The molecule has 0 N–H and O–H groups in total. The first-order chi connectivity index (χ1) is 31.7. The topological polar surface area (TPSA) is 16.4 Å². The first kappa shape index (κ1) is 37.3. The van der Waals surface area contributed by atoms with Gasteiger partial charge >= 0.3 is 0 Å². The molecule has 0 saturated carbocycles. The normalized spacial score (nSPS) is 11.4. The molecule has 64 heavy (non-hydrogen) atoms. The summed E-state index contributed by atoms with van der Waals surface area (Å²) in [6, 6.07) is 89.7. The third kappa shape index (κ3) is 6.70. The van der Waals surface area contributed by atoms with Crippen LogP contribution in [-0.2, 0) is 0 Å². The van der Waals surface area contributed by atoms with Gasteiger partial charge in [-0.3, -0.25) is 0 Å². The van der Waals surface area contributed by atoms with Crippen LogP contribution in [0.2, 0.25) is 0 Å². The van der Waals surface area contributed by atoms with E-state index in [4.69, 9.17) is 4.42 Å². The van der Waals surface area contributed by atoms with E-state index in [9.17, 15) is 0 Å². The van der Waals surface area contributed by atoms with E-state index in [1.54, 1.807) is 0 Å². The van der Waals surface area contributed by atoms with Crippen LogP contribution in [0.15, 0.2) is 253 Å². The molecule has 2 nitrogen and oxygen atoms in total. The van der Waals surface area contributed by atoms with Gasteiger partial charge in [-0.25, -0.2) is 0 Å². The van der Waals surface area contributed by atoms with Crippen LogP contribution in [0.4, 0.5) is 17.1 Å². The second-order valence-corrected chi connectivity index (χ2v) is 16.5. The van der Waals surface area contributed by atoms with Gasteiger partial charge in [0.15, 0.2) is 0 Å².